The molecule has 1 aromatic carbocycles. The minimum absolute atomic E-state index is 0.830. The van der Waals surface area contributed by atoms with E-state index in [0.717, 1.165) is 21.2 Å². The molecular formula is C12H12N2S. The maximum atomic E-state index is 5.84. The number of hydrogen-bond acceptors (Lipinski definition) is 3. The van der Waals surface area contributed by atoms with Crippen LogP contribution < -0.4 is 5.73 Å². The Morgan fingerprint density at radius 2 is 2.07 bits per heavy atom. The number of nitrogens with two attached hydrogens (primary N) is 1. The van der Waals surface area contributed by atoms with Crippen molar-refractivity contribution in [1.82, 2.24) is 4.98 Å². The minimum Gasteiger partial charge on any atom is -0.398 e. The molecule has 0 bridgehead atoms. The lowest BCUT2D eigenvalue weighted by molar-refractivity contribution is 1.13. The summed E-state index contributed by atoms with van der Waals surface area (Å²) in [6.07, 6.45) is 1.79. The number of anilines is 1. The summed E-state index contributed by atoms with van der Waals surface area (Å²) in [5.41, 5.74) is 7.78. The number of rotatable bonds is 2. The normalized spacial score (nSPS) is 10.2. The molecule has 76 valence electrons. The first-order valence-corrected chi connectivity index (χ1v) is 5.52. The van der Waals surface area contributed by atoms with Crippen LogP contribution in [0.15, 0.2) is 52.5 Å². The second-order valence-corrected chi connectivity index (χ2v) is 4.38. The van der Waals surface area contributed by atoms with Gasteiger partial charge < -0.3 is 5.73 Å². The summed E-state index contributed by atoms with van der Waals surface area (Å²) in [5, 5.41) is 0.987. The van der Waals surface area contributed by atoms with Gasteiger partial charge in [-0.3, -0.25) is 0 Å². The zero-order valence-electron chi connectivity index (χ0n) is 8.47. The van der Waals surface area contributed by atoms with E-state index < -0.39 is 0 Å². The molecule has 0 spiro atoms. The van der Waals surface area contributed by atoms with Crippen LogP contribution in [0.1, 0.15) is 5.56 Å². The first-order valence-electron chi connectivity index (χ1n) is 4.71. The van der Waals surface area contributed by atoms with Crippen LogP contribution in [-0.4, -0.2) is 4.98 Å². The Kier molecular flexibility index (Phi) is 2.92. The fourth-order valence-electron chi connectivity index (χ4n) is 1.21. The van der Waals surface area contributed by atoms with Crippen molar-refractivity contribution in [3.05, 3.63) is 48.2 Å². The fraction of sp³-hybridized carbons (Fsp3) is 0.0833. The van der Waals surface area contributed by atoms with Gasteiger partial charge in [-0.15, -0.1) is 0 Å². The lowest BCUT2D eigenvalue weighted by atomic mass is 10.2. The molecule has 0 saturated carbocycles. The highest BCUT2D eigenvalue weighted by atomic mass is 32.2. The average Bonchev–Trinajstić information content (AvgIpc) is 2.25. The minimum atomic E-state index is 0.830. The topological polar surface area (TPSA) is 38.9 Å². The third-order valence-electron chi connectivity index (χ3n) is 2.11. The first kappa shape index (κ1) is 10.1. The van der Waals surface area contributed by atoms with E-state index in [2.05, 4.69) is 11.1 Å². The van der Waals surface area contributed by atoms with Gasteiger partial charge in [-0.25, -0.2) is 4.98 Å². The third-order valence-corrected chi connectivity index (χ3v) is 3.05. The predicted molar refractivity (Wildman–Crippen MR) is 64.0 cm³/mol. The molecule has 0 atom stereocenters. The molecule has 2 aromatic rings. The van der Waals surface area contributed by atoms with Gasteiger partial charge in [0, 0.05) is 16.8 Å². The van der Waals surface area contributed by atoms with E-state index in [-0.39, 0.29) is 0 Å². The molecule has 15 heavy (non-hydrogen) atoms. The predicted octanol–water partition coefficient (Wildman–Crippen LogP) is 3.12. The summed E-state index contributed by atoms with van der Waals surface area (Å²) in [4.78, 5) is 5.37. The van der Waals surface area contributed by atoms with Gasteiger partial charge in [-0.05, 0) is 36.8 Å². The van der Waals surface area contributed by atoms with Gasteiger partial charge >= 0.3 is 0 Å². The Morgan fingerprint density at radius 1 is 1.20 bits per heavy atom. The van der Waals surface area contributed by atoms with Gasteiger partial charge in [-0.1, -0.05) is 23.9 Å². The molecule has 2 nitrogen and oxygen atoms in total. The zero-order chi connectivity index (χ0) is 10.7. The highest BCUT2D eigenvalue weighted by molar-refractivity contribution is 7.99. The Bertz CT molecular complexity index is 454. The number of benzene rings is 1. The molecule has 0 radical (unpaired) electrons. The van der Waals surface area contributed by atoms with Gasteiger partial charge in [0.1, 0.15) is 5.03 Å². The lowest BCUT2D eigenvalue weighted by Crippen LogP contribution is -1.89. The van der Waals surface area contributed by atoms with Gasteiger partial charge in [0.15, 0.2) is 0 Å². The smallest absolute Gasteiger partial charge is 0.101 e. The molecule has 0 aliphatic heterocycles. The van der Waals surface area contributed by atoms with Gasteiger partial charge in [0.05, 0.1) is 0 Å². The van der Waals surface area contributed by atoms with Crippen LogP contribution in [0.3, 0.4) is 0 Å². The molecule has 0 amide bonds. The Hall–Kier alpha value is -1.48. The van der Waals surface area contributed by atoms with Gasteiger partial charge in [-0.2, -0.15) is 0 Å². The van der Waals surface area contributed by atoms with E-state index >= 15 is 0 Å². The monoisotopic (exact) mass is 216 g/mol. The SMILES string of the molecule is Cc1ccc(Sc2ccccn2)cc1N. The maximum Gasteiger partial charge on any atom is 0.101 e. The van der Waals surface area contributed by atoms with Crippen LogP contribution >= 0.6 is 11.8 Å². The Labute approximate surface area is 93.5 Å². The summed E-state index contributed by atoms with van der Waals surface area (Å²) in [6.45, 7) is 2.00. The molecule has 0 aliphatic rings. The molecule has 2 rings (SSSR count). The number of nitrogen functional groups attached to an aromatic ring is 1. The van der Waals surface area contributed by atoms with E-state index in [1.54, 1.807) is 18.0 Å². The van der Waals surface area contributed by atoms with E-state index in [9.17, 15) is 0 Å². The third kappa shape index (κ3) is 2.50. The van der Waals surface area contributed by atoms with E-state index in [1.165, 1.54) is 0 Å². The molecule has 1 heterocycles. The summed E-state index contributed by atoms with van der Waals surface area (Å²) >= 11 is 1.62. The van der Waals surface area contributed by atoms with Crippen molar-refractivity contribution in [2.24, 2.45) is 0 Å². The number of aromatic nitrogens is 1. The summed E-state index contributed by atoms with van der Waals surface area (Å²) in [6, 6.07) is 11.9. The van der Waals surface area contributed by atoms with Crippen molar-refractivity contribution in [2.45, 2.75) is 16.8 Å². The highest BCUT2D eigenvalue weighted by Crippen LogP contribution is 2.27. The van der Waals surface area contributed by atoms with E-state index in [0.29, 0.717) is 0 Å². The van der Waals surface area contributed by atoms with Crippen LogP contribution in [0.25, 0.3) is 0 Å². The van der Waals surface area contributed by atoms with Crippen LogP contribution in [0.2, 0.25) is 0 Å². The van der Waals surface area contributed by atoms with Crippen molar-refractivity contribution in [3.8, 4) is 0 Å². The fourth-order valence-corrected chi connectivity index (χ4v) is 2.03. The summed E-state index contributed by atoms with van der Waals surface area (Å²) in [7, 11) is 0. The molecule has 0 unspecified atom stereocenters. The van der Waals surface area contributed by atoms with Crippen molar-refractivity contribution < 1.29 is 0 Å². The molecule has 2 N–H and O–H groups in total. The van der Waals surface area contributed by atoms with Crippen LogP contribution in [0, 0.1) is 6.92 Å². The number of pyridine rings is 1. The number of aryl methyl sites for hydroxylation is 1. The number of hydrogen-bond donors (Lipinski definition) is 1. The van der Waals surface area contributed by atoms with E-state index in [4.69, 9.17) is 5.73 Å². The van der Waals surface area contributed by atoms with Crippen molar-refractivity contribution >= 4 is 17.4 Å². The first-order chi connectivity index (χ1) is 7.25. The zero-order valence-corrected chi connectivity index (χ0v) is 9.29. The van der Waals surface area contributed by atoms with Gasteiger partial charge in [0.2, 0.25) is 0 Å². The second-order valence-electron chi connectivity index (χ2n) is 3.29. The number of nitrogens with zero attached hydrogens (tertiary/aromatic N) is 1. The molecule has 0 aliphatic carbocycles. The second kappa shape index (κ2) is 4.36. The van der Waals surface area contributed by atoms with Gasteiger partial charge in [0.25, 0.3) is 0 Å². The standard InChI is InChI=1S/C12H12N2S/c1-9-5-6-10(8-11(9)13)15-12-4-2-3-7-14-12/h2-8H,13H2,1H3. The summed E-state index contributed by atoms with van der Waals surface area (Å²) in [5.74, 6) is 0. The highest BCUT2D eigenvalue weighted by Gasteiger charge is 1.99. The van der Waals surface area contributed by atoms with Crippen molar-refractivity contribution in [2.75, 3.05) is 5.73 Å². The van der Waals surface area contributed by atoms with E-state index in [1.807, 2.05) is 37.3 Å². The Balaban J connectivity index is 2.22. The molecule has 3 heteroatoms. The molecule has 0 fully saturated rings. The quantitative estimate of drug-likeness (QED) is 0.784. The largest absolute Gasteiger partial charge is 0.398 e. The maximum absolute atomic E-state index is 5.84. The molecule has 0 saturated heterocycles. The van der Waals surface area contributed by atoms with Crippen molar-refractivity contribution in [1.29, 1.82) is 0 Å². The molecular weight excluding hydrogens is 204 g/mol. The lowest BCUT2D eigenvalue weighted by Gasteiger charge is -2.03. The molecule has 1 aromatic heterocycles. The van der Waals surface area contributed by atoms with Crippen molar-refractivity contribution in [3.63, 3.8) is 0 Å². The average molecular weight is 216 g/mol. The van der Waals surface area contributed by atoms with Crippen LogP contribution in [-0.2, 0) is 0 Å². The summed E-state index contributed by atoms with van der Waals surface area (Å²) < 4.78 is 0. The van der Waals surface area contributed by atoms with Crippen LogP contribution in [0.5, 0.6) is 0 Å². The van der Waals surface area contributed by atoms with Crippen LogP contribution in [0.4, 0.5) is 5.69 Å². The Morgan fingerprint density at radius 3 is 2.73 bits per heavy atom.